The standard InChI is InChI=1S/C31H30N6O/c1-22-16-29(37(36-22)28-14-5-8-23(17-28)19-32)31(38)35-27-13-6-12-26(18-27)30(25-10-3-2-4-11-25)34-21-24-9-7-15-33-20-24/h2-18,20,30,34H,19,21,32H2,1H3,(H,35,38). The molecule has 3 aromatic carbocycles. The van der Waals surface area contributed by atoms with E-state index in [-0.39, 0.29) is 11.9 Å². The van der Waals surface area contributed by atoms with Crippen LogP contribution in [0.25, 0.3) is 5.69 Å². The van der Waals surface area contributed by atoms with Crippen LogP contribution in [0.2, 0.25) is 0 Å². The molecule has 0 fully saturated rings. The molecule has 7 heteroatoms. The molecule has 0 bridgehead atoms. The van der Waals surface area contributed by atoms with Gasteiger partial charge in [0.1, 0.15) is 5.69 Å². The second kappa shape index (κ2) is 11.6. The van der Waals surface area contributed by atoms with E-state index in [1.807, 2.05) is 85.9 Å². The Bertz CT molecular complexity index is 1510. The number of pyridine rings is 1. The van der Waals surface area contributed by atoms with Crippen LogP contribution in [0, 0.1) is 6.92 Å². The lowest BCUT2D eigenvalue weighted by Crippen LogP contribution is -2.22. The van der Waals surface area contributed by atoms with E-state index >= 15 is 0 Å². The summed E-state index contributed by atoms with van der Waals surface area (Å²) >= 11 is 0. The smallest absolute Gasteiger partial charge is 0.274 e. The number of hydrogen-bond acceptors (Lipinski definition) is 5. The van der Waals surface area contributed by atoms with Gasteiger partial charge in [0.15, 0.2) is 0 Å². The first-order chi connectivity index (χ1) is 18.6. The average molecular weight is 503 g/mol. The monoisotopic (exact) mass is 502 g/mol. The largest absolute Gasteiger partial charge is 0.326 e. The molecule has 2 heterocycles. The maximum atomic E-state index is 13.4. The van der Waals surface area contributed by atoms with Crippen LogP contribution in [0.5, 0.6) is 0 Å². The molecule has 190 valence electrons. The van der Waals surface area contributed by atoms with Crippen molar-refractivity contribution >= 4 is 11.6 Å². The minimum atomic E-state index is -0.236. The first-order valence-corrected chi connectivity index (χ1v) is 12.6. The van der Waals surface area contributed by atoms with Gasteiger partial charge in [-0.25, -0.2) is 4.68 Å². The Balaban J connectivity index is 1.40. The maximum absolute atomic E-state index is 13.4. The number of amides is 1. The SMILES string of the molecule is Cc1cc(C(=O)Nc2cccc(C(NCc3cccnc3)c3ccccc3)c2)n(-c2cccc(CN)c2)n1. The summed E-state index contributed by atoms with van der Waals surface area (Å²) in [5, 5.41) is 11.3. The first-order valence-electron chi connectivity index (χ1n) is 12.6. The predicted octanol–water partition coefficient (Wildman–Crippen LogP) is 5.17. The zero-order chi connectivity index (χ0) is 26.3. The second-order valence-corrected chi connectivity index (χ2v) is 9.12. The van der Waals surface area contributed by atoms with Crippen molar-refractivity contribution in [3.63, 3.8) is 0 Å². The van der Waals surface area contributed by atoms with Crippen LogP contribution in [0.15, 0.2) is 109 Å². The fraction of sp³-hybridized carbons (Fsp3) is 0.129. The summed E-state index contributed by atoms with van der Waals surface area (Å²) < 4.78 is 1.66. The zero-order valence-corrected chi connectivity index (χ0v) is 21.2. The third kappa shape index (κ3) is 5.86. The molecule has 5 rings (SSSR count). The van der Waals surface area contributed by atoms with E-state index in [2.05, 4.69) is 38.9 Å². The summed E-state index contributed by atoms with van der Waals surface area (Å²) in [6, 6.07) is 31.6. The molecule has 1 atom stereocenters. The Hall–Kier alpha value is -4.59. The van der Waals surface area contributed by atoms with Crippen molar-refractivity contribution in [3.8, 4) is 5.69 Å². The molecular formula is C31H30N6O. The van der Waals surface area contributed by atoms with Crippen LogP contribution < -0.4 is 16.4 Å². The van der Waals surface area contributed by atoms with Gasteiger partial charge in [-0.05, 0) is 65.6 Å². The van der Waals surface area contributed by atoms with Gasteiger partial charge in [-0.2, -0.15) is 5.10 Å². The van der Waals surface area contributed by atoms with Crippen LogP contribution in [-0.2, 0) is 13.1 Å². The molecule has 38 heavy (non-hydrogen) atoms. The number of benzene rings is 3. The Morgan fingerprint density at radius 3 is 2.47 bits per heavy atom. The van der Waals surface area contributed by atoms with Gasteiger partial charge in [-0.3, -0.25) is 9.78 Å². The Morgan fingerprint density at radius 1 is 0.895 bits per heavy atom. The van der Waals surface area contributed by atoms with Crippen LogP contribution in [0.4, 0.5) is 5.69 Å². The van der Waals surface area contributed by atoms with Crippen molar-refractivity contribution in [1.29, 1.82) is 0 Å². The van der Waals surface area contributed by atoms with E-state index in [1.54, 1.807) is 16.9 Å². The van der Waals surface area contributed by atoms with Crippen molar-refractivity contribution in [2.24, 2.45) is 5.73 Å². The van der Waals surface area contributed by atoms with E-state index in [0.717, 1.165) is 33.6 Å². The van der Waals surface area contributed by atoms with Gasteiger partial charge in [-0.1, -0.05) is 60.7 Å². The van der Waals surface area contributed by atoms with Gasteiger partial charge < -0.3 is 16.4 Å². The summed E-state index contributed by atoms with van der Waals surface area (Å²) in [6.45, 7) is 2.95. The fourth-order valence-corrected chi connectivity index (χ4v) is 4.46. The van der Waals surface area contributed by atoms with Gasteiger partial charge in [0, 0.05) is 31.2 Å². The molecular weight excluding hydrogens is 472 g/mol. The molecule has 0 saturated heterocycles. The molecule has 7 nitrogen and oxygen atoms in total. The lowest BCUT2D eigenvalue weighted by atomic mass is 9.98. The number of carbonyl (C=O) groups excluding carboxylic acids is 1. The van der Waals surface area contributed by atoms with Crippen molar-refractivity contribution in [1.82, 2.24) is 20.1 Å². The summed E-state index contributed by atoms with van der Waals surface area (Å²) in [5.74, 6) is -0.236. The van der Waals surface area contributed by atoms with Gasteiger partial charge in [-0.15, -0.1) is 0 Å². The fourth-order valence-electron chi connectivity index (χ4n) is 4.46. The maximum Gasteiger partial charge on any atom is 0.274 e. The van der Waals surface area contributed by atoms with Crippen LogP contribution >= 0.6 is 0 Å². The van der Waals surface area contributed by atoms with Gasteiger partial charge in [0.05, 0.1) is 17.4 Å². The highest BCUT2D eigenvalue weighted by Gasteiger charge is 2.18. The number of anilines is 1. The van der Waals surface area contributed by atoms with E-state index < -0.39 is 0 Å². The molecule has 1 amide bonds. The van der Waals surface area contributed by atoms with Gasteiger partial charge >= 0.3 is 0 Å². The van der Waals surface area contributed by atoms with Gasteiger partial charge in [0.2, 0.25) is 0 Å². The van der Waals surface area contributed by atoms with Gasteiger partial charge in [0.25, 0.3) is 5.91 Å². The minimum absolute atomic E-state index is 0.0694. The summed E-state index contributed by atoms with van der Waals surface area (Å²) in [4.78, 5) is 17.6. The topological polar surface area (TPSA) is 97.9 Å². The molecule has 0 aliphatic heterocycles. The first kappa shape index (κ1) is 25.1. The summed E-state index contributed by atoms with van der Waals surface area (Å²) in [5.41, 5.74) is 12.8. The number of aromatic nitrogens is 3. The summed E-state index contributed by atoms with van der Waals surface area (Å²) in [6.07, 6.45) is 3.63. The third-order valence-electron chi connectivity index (χ3n) is 6.30. The lowest BCUT2D eigenvalue weighted by molar-refractivity contribution is 0.101. The van der Waals surface area contributed by atoms with E-state index in [4.69, 9.17) is 5.73 Å². The van der Waals surface area contributed by atoms with Crippen LogP contribution in [0.3, 0.4) is 0 Å². The number of nitrogens with zero attached hydrogens (tertiary/aromatic N) is 3. The number of carbonyl (C=O) groups is 1. The van der Waals surface area contributed by atoms with Crippen LogP contribution in [0.1, 0.15) is 44.5 Å². The second-order valence-electron chi connectivity index (χ2n) is 9.12. The highest BCUT2D eigenvalue weighted by Crippen LogP contribution is 2.25. The third-order valence-corrected chi connectivity index (χ3v) is 6.30. The minimum Gasteiger partial charge on any atom is -0.326 e. The van der Waals surface area contributed by atoms with Crippen molar-refractivity contribution in [2.75, 3.05) is 5.32 Å². The lowest BCUT2D eigenvalue weighted by Gasteiger charge is -2.21. The normalized spacial score (nSPS) is 11.7. The molecule has 0 aliphatic rings. The molecule has 1 unspecified atom stereocenters. The zero-order valence-electron chi connectivity index (χ0n) is 21.2. The van der Waals surface area contributed by atoms with Crippen LogP contribution in [-0.4, -0.2) is 20.7 Å². The van der Waals surface area contributed by atoms with E-state index in [1.165, 1.54) is 0 Å². The number of aryl methyl sites for hydroxylation is 1. The van der Waals surface area contributed by atoms with Crippen molar-refractivity contribution < 1.29 is 4.79 Å². The molecule has 0 radical (unpaired) electrons. The molecule has 5 aromatic rings. The molecule has 2 aromatic heterocycles. The Kier molecular flexibility index (Phi) is 7.68. The van der Waals surface area contributed by atoms with E-state index in [9.17, 15) is 4.79 Å². The molecule has 0 saturated carbocycles. The highest BCUT2D eigenvalue weighted by atomic mass is 16.2. The number of rotatable bonds is 9. The van der Waals surface area contributed by atoms with Crippen molar-refractivity contribution in [3.05, 3.63) is 143 Å². The molecule has 4 N–H and O–H groups in total. The quantitative estimate of drug-likeness (QED) is 0.258. The van der Waals surface area contributed by atoms with Crippen molar-refractivity contribution in [2.45, 2.75) is 26.1 Å². The number of nitrogens with one attached hydrogen (secondary N) is 2. The number of hydrogen-bond donors (Lipinski definition) is 3. The molecule has 0 spiro atoms. The van der Waals surface area contributed by atoms with E-state index in [0.29, 0.717) is 24.5 Å². The highest BCUT2D eigenvalue weighted by molar-refractivity contribution is 6.03. The molecule has 0 aliphatic carbocycles. The Morgan fingerprint density at radius 2 is 1.68 bits per heavy atom. The average Bonchev–Trinajstić information content (AvgIpc) is 3.36. The Labute approximate surface area is 222 Å². The summed E-state index contributed by atoms with van der Waals surface area (Å²) in [7, 11) is 0. The number of nitrogens with two attached hydrogens (primary N) is 1. The predicted molar refractivity (Wildman–Crippen MR) is 150 cm³/mol.